The molecule has 2 atom stereocenters. The smallest absolute Gasteiger partial charge is 0.254 e. The van der Waals surface area contributed by atoms with Crippen molar-refractivity contribution in [3.8, 4) is 0 Å². The number of Topliss-reactive ketones (excluding diaryl/α,β-unsaturated/α-hetero) is 1. The molecule has 1 aliphatic heterocycles. The minimum atomic E-state index is -0.907. The van der Waals surface area contributed by atoms with Gasteiger partial charge in [-0.3, -0.25) is 9.59 Å². The second-order valence-electron chi connectivity index (χ2n) is 9.17. The van der Waals surface area contributed by atoms with Crippen molar-refractivity contribution in [1.82, 2.24) is 5.32 Å². The fraction of sp³-hybridized carbons (Fsp3) is 0.172. The van der Waals surface area contributed by atoms with Crippen LogP contribution in [0.1, 0.15) is 42.7 Å². The number of benzene rings is 3. The van der Waals surface area contributed by atoms with Crippen LogP contribution in [0.25, 0.3) is 0 Å². The number of hydrogen-bond donors (Lipinski definition) is 2. The van der Waals surface area contributed by atoms with Crippen molar-refractivity contribution in [2.75, 3.05) is 5.32 Å². The molecule has 0 aromatic heterocycles. The maximum absolute atomic E-state index is 14.4. The quantitative estimate of drug-likeness (QED) is 0.367. The van der Waals surface area contributed by atoms with Crippen molar-refractivity contribution in [1.29, 1.82) is 0 Å². The van der Waals surface area contributed by atoms with Gasteiger partial charge in [-0.05, 0) is 54.7 Å². The van der Waals surface area contributed by atoms with Gasteiger partial charge in [0.2, 0.25) is 0 Å². The molecule has 2 aliphatic rings. The molecule has 2 N–H and O–H groups in total. The number of anilines is 1. The van der Waals surface area contributed by atoms with Gasteiger partial charge in [-0.25, -0.2) is 8.78 Å². The van der Waals surface area contributed by atoms with Gasteiger partial charge in [0.15, 0.2) is 5.78 Å². The Balaban J connectivity index is 1.59. The molecule has 3 aromatic rings. The topological polar surface area (TPSA) is 58.2 Å². The van der Waals surface area contributed by atoms with Gasteiger partial charge in [-0.2, -0.15) is 0 Å². The molecular formula is C29H22Cl2F2N2O2. The molecule has 37 heavy (non-hydrogen) atoms. The molecule has 0 saturated carbocycles. The van der Waals surface area contributed by atoms with Gasteiger partial charge in [0.05, 0.1) is 5.69 Å². The summed E-state index contributed by atoms with van der Waals surface area (Å²) in [7, 11) is 0. The average molecular weight is 539 g/mol. The summed E-state index contributed by atoms with van der Waals surface area (Å²) in [5, 5.41) is 6.52. The van der Waals surface area contributed by atoms with Gasteiger partial charge in [0, 0.05) is 51.0 Å². The van der Waals surface area contributed by atoms with Gasteiger partial charge < -0.3 is 10.6 Å². The van der Waals surface area contributed by atoms with E-state index in [1.807, 2.05) is 30.3 Å². The number of dihydropyridines is 1. The van der Waals surface area contributed by atoms with Crippen molar-refractivity contribution in [2.45, 2.75) is 31.6 Å². The van der Waals surface area contributed by atoms with Gasteiger partial charge in [-0.1, -0.05) is 59.6 Å². The van der Waals surface area contributed by atoms with Crippen LogP contribution in [0.2, 0.25) is 10.0 Å². The second-order valence-corrected chi connectivity index (χ2v) is 10.0. The molecule has 2 unspecified atom stereocenters. The number of ketones is 1. The molecule has 1 aliphatic carbocycles. The van der Waals surface area contributed by atoms with E-state index in [0.29, 0.717) is 39.4 Å². The first-order chi connectivity index (χ1) is 17.7. The van der Waals surface area contributed by atoms with Crippen LogP contribution in [0.4, 0.5) is 14.5 Å². The molecule has 1 amide bonds. The fourth-order valence-electron chi connectivity index (χ4n) is 5.13. The van der Waals surface area contributed by atoms with E-state index in [0.717, 1.165) is 23.4 Å². The van der Waals surface area contributed by atoms with Crippen LogP contribution < -0.4 is 10.6 Å². The summed E-state index contributed by atoms with van der Waals surface area (Å²) in [5.41, 5.74) is 3.33. The molecule has 0 radical (unpaired) electrons. The number of halogens is 4. The zero-order chi connectivity index (χ0) is 26.3. The van der Waals surface area contributed by atoms with Crippen molar-refractivity contribution in [2.24, 2.45) is 0 Å². The third-order valence-corrected chi connectivity index (χ3v) is 7.36. The first-order valence-electron chi connectivity index (χ1n) is 11.7. The van der Waals surface area contributed by atoms with Crippen LogP contribution in [0.15, 0.2) is 89.3 Å². The summed E-state index contributed by atoms with van der Waals surface area (Å²) < 4.78 is 27.8. The summed E-state index contributed by atoms with van der Waals surface area (Å²) in [6, 6.07) is 17.6. The number of allylic oxidation sites excluding steroid dienone is 3. The maximum atomic E-state index is 14.4. The van der Waals surface area contributed by atoms with Gasteiger partial charge >= 0.3 is 0 Å². The Morgan fingerprint density at radius 3 is 2.46 bits per heavy atom. The van der Waals surface area contributed by atoms with Gasteiger partial charge in [0.25, 0.3) is 5.91 Å². The van der Waals surface area contributed by atoms with Gasteiger partial charge in [0.1, 0.15) is 11.6 Å². The molecule has 3 aromatic carbocycles. The van der Waals surface area contributed by atoms with Gasteiger partial charge in [-0.15, -0.1) is 0 Å². The van der Waals surface area contributed by atoms with Crippen molar-refractivity contribution < 1.29 is 18.4 Å². The molecule has 0 saturated heterocycles. The molecule has 8 heteroatoms. The van der Waals surface area contributed by atoms with Crippen LogP contribution in [-0.4, -0.2) is 11.7 Å². The molecule has 0 spiro atoms. The summed E-state index contributed by atoms with van der Waals surface area (Å²) in [6.07, 6.45) is 0.846. The summed E-state index contributed by atoms with van der Waals surface area (Å²) in [5.74, 6) is -3.21. The van der Waals surface area contributed by atoms with E-state index in [-0.39, 0.29) is 29.4 Å². The number of amides is 1. The van der Waals surface area contributed by atoms with E-state index in [9.17, 15) is 18.4 Å². The molecule has 5 rings (SSSR count). The van der Waals surface area contributed by atoms with E-state index in [4.69, 9.17) is 23.2 Å². The predicted molar refractivity (Wildman–Crippen MR) is 140 cm³/mol. The summed E-state index contributed by atoms with van der Waals surface area (Å²) in [4.78, 5) is 27.2. The molecule has 188 valence electrons. The lowest BCUT2D eigenvalue weighted by Crippen LogP contribution is -2.37. The Labute approximate surface area is 223 Å². The first-order valence-corrected chi connectivity index (χ1v) is 12.5. The average Bonchev–Trinajstić information content (AvgIpc) is 2.85. The first kappa shape index (κ1) is 25.2. The highest BCUT2D eigenvalue weighted by molar-refractivity contribution is 6.35. The highest BCUT2D eigenvalue weighted by Crippen LogP contribution is 2.47. The third kappa shape index (κ3) is 4.91. The largest absolute Gasteiger partial charge is 0.362 e. The Hall–Kier alpha value is -3.48. The number of rotatable bonds is 4. The minimum Gasteiger partial charge on any atom is -0.362 e. The molecule has 0 fully saturated rings. The molecule has 0 bridgehead atoms. The van der Waals surface area contributed by atoms with Crippen LogP contribution in [0.3, 0.4) is 0 Å². The zero-order valence-corrected chi connectivity index (χ0v) is 21.3. The van der Waals surface area contributed by atoms with Crippen LogP contribution in [-0.2, 0) is 9.59 Å². The Morgan fingerprint density at radius 2 is 1.76 bits per heavy atom. The number of carbonyl (C=O) groups is 2. The second kappa shape index (κ2) is 10.1. The lowest BCUT2D eigenvalue weighted by atomic mass is 9.71. The van der Waals surface area contributed by atoms with E-state index in [2.05, 4.69) is 10.6 Å². The van der Waals surface area contributed by atoms with Crippen molar-refractivity contribution in [3.63, 3.8) is 0 Å². The normalized spacial score (nSPS) is 19.4. The SMILES string of the molecule is CC1=C(C(=O)Nc2ccc(F)cc2F)C(c2ccc(Cl)cc2Cl)C2=C(CC(c3ccccc3)CC2=O)N1. The highest BCUT2D eigenvalue weighted by Gasteiger charge is 2.41. The van der Waals surface area contributed by atoms with Crippen LogP contribution in [0, 0.1) is 11.6 Å². The summed E-state index contributed by atoms with van der Waals surface area (Å²) in [6.45, 7) is 1.73. The van der Waals surface area contributed by atoms with Crippen molar-refractivity contribution >= 4 is 40.6 Å². The lowest BCUT2D eigenvalue weighted by molar-refractivity contribution is -0.116. The number of nitrogens with one attached hydrogen (secondary N) is 2. The number of hydrogen-bond acceptors (Lipinski definition) is 3. The number of carbonyl (C=O) groups excluding carboxylic acids is 2. The Morgan fingerprint density at radius 1 is 1.00 bits per heavy atom. The summed E-state index contributed by atoms with van der Waals surface area (Å²) >= 11 is 12.7. The van der Waals surface area contributed by atoms with E-state index < -0.39 is 23.5 Å². The highest BCUT2D eigenvalue weighted by atomic mass is 35.5. The lowest BCUT2D eigenvalue weighted by Gasteiger charge is -2.37. The molecule has 1 heterocycles. The third-order valence-electron chi connectivity index (χ3n) is 6.80. The molecule has 4 nitrogen and oxygen atoms in total. The maximum Gasteiger partial charge on any atom is 0.254 e. The Bertz CT molecular complexity index is 1480. The monoisotopic (exact) mass is 538 g/mol. The van der Waals surface area contributed by atoms with Crippen LogP contribution in [0.5, 0.6) is 0 Å². The van der Waals surface area contributed by atoms with E-state index in [1.54, 1.807) is 25.1 Å². The van der Waals surface area contributed by atoms with E-state index in [1.165, 1.54) is 0 Å². The zero-order valence-electron chi connectivity index (χ0n) is 19.7. The fourth-order valence-corrected chi connectivity index (χ4v) is 5.65. The minimum absolute atomic E-state index is 0.0159. The Kier molecular flexibility index (Phi) is 6.88. The predicted octanol–water partition coefficient (Wildman–Crippen LogP) is 7.27. The van der Waals surface area contributed by atoms with E-state index >= 15 is 0 Å². The van der Waals surface area contributed by atoms with Crippen molar-refractivity contribution in [3.05, 3.63) is 122 Å². The standard InChI is InChI=1S/C29H22Cl2F2N2O2/c1-15-26(29(37)35-23-10-8-19(32)14-22(23)33)27(20-9-7-18(30)13-21(20)31)28-24(34-15)11-17(12-25(28)36)16-5-3-2-4-6-16/h2-10,13-14,17,27,34H,11-12H2,1H3,(H,35,37). The van der Waals surface area contributed by atoms with Crippen LogP contribution >= 0.6 is 23.2 Å². The molecular weight excluding hydrogens is 517 g/mol.